The second kappa shape index (κ2) is 7.18. The van der Waals surface area contributed by atoms with Gasteiger partial charge in [-0.1, -0.05) is 4.73 Å². The van der Waals surface area contributed by atoms with E-state index in [4.69, 9.17) is 14.4 Å². The molecule has 0 amide bonds. The van der Waals surface area contributed by atoms with E-state index in [1.54, 1.807) is 0 Å². The summed E-state index contributed by atoms with van der Waals surface area (Å²) in [5.41, 5.74) is 0. The van der Waals surface area contributed by atoms with Crippen LogP contribution in [0.3, 0.4) is 0 Å². The third kappa shape index (κ3) is 15.7. The third-order valence-electron chi connectivity index (χ3n) is 0.0899. The van der Waals surface area contributed by atoms with Crippen molar-refractivity contribution in [2.75, 3.05) is 0 Å². The molecule has 0 aromatic rings. The predicted octanol–water partition coefficient (Wildman–Crippen LogP) is -1.85. The molecule has 0 aromatic heterocycles. The third-order valence-corrected chi connectivity index (χ3v) is 0.270. The second-order valence-corrected chi connectivity index (χ2v) is 1.68. The molecule has 0 aliphatic carbocycles. The van der Waals surface area contributed by atoms with Crippen LogP contribution in [0, 0.1) is 0 Å². The Balaban J connectivity index is -0.000000125. The molecule has 4 nitrogen and oxygen atoms in total. The van der Waals surface area contributed by atoms with Crippen molar-refractivity contribution in [3.8, 4) is 0 Å². The minimum absolute atomic E-state index is 0. The molecule has 0 rings (SSSR count). The second-order valence-electron chi connectivity index (χ2n) is 0.560. The van der Waals surface area contributed by atoms with Crippen molar-refractivity contribution in [1.29, 1.82) is 0 Å². The van der Waals surface area contributed by atoms with Gasteiger partial charge in [-0.05, 0) is 4.53 Å². The van der Waals surface area contributed by atoms with Gasteiger partial charge in [0.25, 0.3) is 0 Å². The van der Waals surface area contributed by atoms with Gasteiger partial charge in [0.05, 0.1) is 0 Å². The van der Waals surface area contributed by atoms with Gasteiger partial charge in [-0.15, -0.1) is 0 Å². The quantitative estimate of drug-likeness (QED) is 0.371. The van der Waals surface area contributed by atoms with E-state index >= 15 is 0 Å². The van der Waals surface area contributed by atoms with Crippen LogP contribution in [-0.2, 0) is 9.29 Å². The summed E-state index contributed by atoms with van der Waals surface area (Å²) in [5, 5.41) is 0. The molecule has 0 saturated carbocycles. The Morgan fingerprint density at radius 1 is 1.50 bits per heavy atom. The van der Waals surface area contributed by atoms with Crippen molar-refractivity contribution >= 4 is 68.6 Å². The molecular formula is H6CaFMgO4P. The standard InChI is InChI=1S/Ca.FH2O4P.Mg.4H/c;1-5-6(2,3)4;;;;;/h;(H2,2,3,4);;;;;. The van der Waals surface area contributed by atoms with E-state index in [0.29, 0.717) is 0 Å². The summed E-state index contributed by atoms with van der Waals surface area (Å²) in [4.78, 5) is 14.7. The minimum Gasteiger partial charge on any atom is 0.316 e. The topological polar surface area (TPSA) is 66.8 Å². The first-order valence-electron chi connectivity index (χ1n) is 0.919. The van der Waals surface area contributed by atoms with Gasteiger partial charge in [0, 0.05) is 0 Å². The maximum atomic E-state index is 10.2. The number of hydrogen-bond acceptors (Lipinski definition) is 2. The molecule has 0 radical (unpaired) electrons. The maximum Gasteiger partial charge on any atom is 0.316 e. The van der Waals surface area contributed by atoms with Crippen molar-refractivity contribution < 1.29 is 23.6 Å². The van der Waals surface area contributed by atoms with E-state index in [9.17, 15) is 4.53 Å². The van der Waals surface area contributed by atoms with Crippen molar-refractivity contribution in [1.82, 2.24) is 0 Å². The molecular weight excluding hydrogens is 178 g/mol. The molecule has 0 fully saturated rings. The summed E-state index contributed by atoms with van der Waals surface area (Å²) in [7, 11) is -4.81. The summed E-state index contributed by atoms with van der Waals surface area (Å²) in [6.45, 7) is 0. The Morgan fingerprint density at radius 3 is 1.62 bits per heavy atom. The molecule has 0 heterocycles. The van der Waals surface area contributed by atoms with Crippen molar-refractivity contribution in [2.45, 2.75) is 0 Å². The first-order valence-corrected chi connectivity index (χ1v) is 2.45. The van der Waals surface area contributed by atoms with Gasteiger partial charge in [-0.25, -0.2) is 4.57 Å². The van der Waals surface area contributed by atoms with Crippen LogP contribution in [0.5, 0.6) is 0 Å². The summed E-state index contributed by atoms with van der Waals surface area (Å²) in [6.07, 6.45) is 0. The van der Waals surface area contributed by atoms with Gasteiger partial charge >= 0.3 is 68.6 Å². The number of halogens is 1. The molecule has 8 heavy (non-hydrogen) atoms. The fourth-order valence-corrected chi connectivity index (χ4v) is 0. The molecule has 0 aromatic carbocycles. The van der Waals surface area contributed by atoms with Gasteiger partial charge in [0.2, 0.25) is 0 Å². The van der Waals surface area contributed by atoms with Crippen LogP contribution in [0.2, 0.25) is 0 Å². The average Bonchev–Trinajstić information content (AvgIpc) is 1.35. The Kier molecular flexibility index (Phi) is 14.9. The van der Waals surface area contributed by atoms with Gasteiger partial charge in [-0.3, -0.25) is 0 Å². The molecule has 0 saturated heterocycles. The van der Waals surface area contributed by atoms with E-state index in [0.717, 1.165) is 0 Å². The molecule has 8 heteroatoms. The van der Waals surface area contributed by atoms with Crippen LogP contribution in [0.1, 0.15) is 0 Å². The zero-order valence-electron chi connectivity index (χ0n) is 2.54. The largest absolute Gasteiger partial charge is 0.316 e. The van der Waals surface area contributed by atoms with Crippen LogP contribution in [0.15, 0.2) is 0 Å². The van der Waals surface area contributed by atoms with Gasteiger partial charge < -0.3 is 9.79 Å². The molecule has 0 spiro atoms. The first kappa shape index (κ1) is 16.6. The number of rotatable bonds is 1. The monoisotopic (exact) mass is 184 g/mol. The zero-order valence-corrected chi connectivity index (χ0v) is 3.43. The van der Waals surface area contributed by atoms with Crippen LogP contribution in [0.4, 0.5) is 4.53 Å². The Labute approximate surface area is 91.1 Å². The molecule has 0 atom stereocenters. The zero-order chi connectivity index (χ0) is 5.21. The van der Waals surface area contributed by atoms with E-state index in [2.05, 4.69) is 4.73 Å². The van der Waals surface area contributed by atoms with Gasteiger partial charge in [-0.2, -0.15) is 0 Å². The average molecular weight is 184 g/mol. The van der Waals surface area contributed by atoms with E-state index in [-0.39, 0.29) is 60.8 Å². The molecule has 0 bridgehead atoms. The molecule has 2 N–H and O–H groups in total. The fraction of sp³-hybridized carbons (Fsp3) is 0. The smallest absolute Gasteiger partial charge is 0.316 e. The maximum absolute atomic E-state index is 10.2. The first-order chi connectivity index (χ1) is 2.56. The molecule has 0 aliphatic heterocycles. The number of phosphoric acid groups is 1. The number of hydrogen-bond donors (Lipinski definition) is 2. The van der Waals surface area contributed by atoms with E-state index < -0.39 is 7.82 Å². The normalized spacial score (nSPS) is 8.88. The SMILES string of the molecule is O=P(O)(O)OF.[CaH2].[MgH2]. The molecule has 0 aliphatic rings. The Morgan fingerprint density at radius 2 is 1.62 bits per heavy atom. The van der Waals surface area contributed by atoms with E-state index in [1.807, 2.05) is 0 Å². The van der Waals surface area contributed by atoms with Gasteiger partial charge in [0.15, 0.2) is 0 Å². The summed E-state index contributed by atoms with van der Waals surface area (Å²) < 4.78 is 21.4. The summed E-state index contributed by atoms with van der Waals surface area (Å²) in [6, 6.07) is 0. The molecule has 0 unspecified atom stereocenters. The van der Waals surface area contributed by atoms with Crippen LogP contribution in [-0.4, -0.2) is 70.6 Å². The summed E-state index contributed by atoms with van der Waals surface area (Å²) in [5.74, 6) is 0. The summed E-state index contributed by atoms with van der Waals surface area (Å²) >= 11 is 0. The Bertz CT molecular complexity index is 80.1. The minimum atomic E-state index is -4.81. The molecule has 46 valence electrons. The van der Waals surface area contributed by atoms with Gasteiger partial charge in [0.1, 0.15) is 0 Å². The van der Waals surface area contributed by atoms with Crippen molar-refractivity contribution in [3.05, 3.63) is 0 Å². The fourth-order valence-electron chi connectivity index (χ4n) is 0. The van der Waals surface area contributed by atoms with E-state index in [1.165, 1.54) is 0 Å². The Hall–Kier alpha value is 2.07. The van der Waals surface area contributed by atoms with Crippen LogP contribution in [0.25, 0.3) is 0 Å². The van der Waals surface area contributed by atoms with Crippen molar-refractivity contribution in [2.24, 2.45) is 0 Å². The van der Waals surface area contributed by atoms with Crippen molar-refractivity contribution in [3.63, 3.8) is 0 Å². The van der Waals surface area contributed by atoms with Crippen LogP contribution >= 0.6 is 7.82 Å². The predicted molar refractivity (Wildman–Crippen MR) is 31.3 cm³/mol. The van der Waals surface area contributed by atoms with Crippen LogP contribution < -0.4 is 0 Å².